The summed E-state index contributed by atoms with van der Waals surface area (Å²) in [5.41, 5.74) is -0.159. The molecular weight excluding hydrogens is 340 g/mol. The zero-order valence-electron chi connectivity index (χ0n) is 11.5. The summed E-state index contributed by atoms with van der Waals surface area (Å²) in [6.45, 7) is 0. The lowest BCUT2D eigenvalue weighted by Crippen LogP contribution is -2.07. The van der Waals surface area contributed by atoms with Crippen LogP contribution >= 0.6 is 11.6 Å². The van der Waals surface area contributed by atoms with Crippen molar-refractivity contribution in [3.8, 4) is 0 Å². The molecule has 0 aliphatic rings. The molecule has 0 fully saturated rings. The number of hydrogen-bond donors (Lipinski definition) is 0. The topological polar surface area (TPSA) is 90.2 Å². The Kier molecular flexibility index (Phi) is 3.75. The molecule has 0 N–H and O–H groups in total. The van der Waals surface area contributed by atoms with Crippen molar-refractivity contribution in [3.63, 3.8) is 0 Å². The molecule has 0 saturated carbocycles. The van der Waals surface area contributed by atoms with Gasteiger partial charge in [-0.25, -0.2) is 8.42 Å². The van der Waals surface area contributed by atoms with Crippen LogP contribution in [0.15, 0.2) is 64.5 Å². The van der Waals surface area contributed by atoms with E-state index in [-0.39, 0.29) is 15.3 Å². The molecule has 0 atom stereocenters. The standard InChI is InChI=1S/C15H9ClN2O4S/c16-11-5-1-2-6-13(11)23(21,22)14-8-7-12-10(4-3-9-17-12)15(14)18(19)20/h1-9H. The van der Waals surface area contributed by atoms with E-state index in [9.17, 15) is 18.5 Å². The van der Waals surface area contributed by atoms with E-state index in [0.717, 1.165) is 0 Å². The fourth-order valence-corrected chi connectivity index (χ4v) is 4.25. The number of nitrogens with zero attached hydrogens (tertiary/aromatic N) is 2. The van der Waals surface area contributed by atoms with Crippen molar-refractivity contribution in [2.24, 2.45) is 0 Å². The Morgan fingerprint density at radius 1 is 1.00 bits per heavy atom. The van der Waals surface area contributed by atoms with Crippen molar-refractivity contribution in [1.82, 2.24) is 4.98 Å². The number of hydrogen-bond acceptors (Lipinski definition) is 5. The summed E-state index contributed by atoms with van der Waals surface area (Å²) in [5.74, 6) is 0. The van der Waals surface area contributed by atoms with E-state index in [0.29, 0.717) is 5.52 Å². The third-order valence-corrected chi connectivity index (χ3v) is 5.60. The SMILES string of the molecule is O=[N+]([O-])c1c(S(=O)(=O)c2ccccc2Cl)ccc2ncccc12. The molecule has 3 aromatic rings. The van der Waals surface area contributed by atoms with Crippen LogP contribution in [0.4, 0.5) is 5.69 Å². The van der Waals surface area contributed by atoms with E-state index in [1.165, 1.54) is 48.7 Å². The van der Waals surface area contributed by atoms with Gasteiger partial charge in [0.1, 0.15) is 4.90 Å². The van der Waals surface area contributed by atoms with E-state index in [4.69, 9.17) is 11.6 Å². The van der Waals surface area contributed by atoms with Gasteiger partial charge in [-0.2, -0.15) is 0 Å². The van der Waals surface area contributed by atoms with E-state index in [1.54, 1.807) is 6.07 Å². The number of halogens is 1. The summed E-state index contributed by atoms with van der Waals surface area (Å²) in [7, 11) is -4.14. The third kappa shape index (κ3) is 2.54. The van der Waals surface area contributed by atoms with Crippen molar-refractivity contribution in [2.75, 3.05) is 0 Å². The highest BCUT2D eigenvalue weighted by molar-refractivity contribution is 7.91. The molecule has 0 bridgehead atoms. The predicted octanol–water partition coefficient (Wildman–Crippen LogP) is 3.63. The second-order valence-corrected chi connectivity index (χ2v) is 6.97. The molecule has 23 heavy (non-hydrogen) atoms. The minimum absolute atomic E-state index is 0.00748. The van der Waals surface area contributed by atoms with Gasteiger partial charge < -0.3 is 0 Å². The number of rotatable bonds is 3. The summed E-state index contributed by atoms with van der Waals surface area (Å²) in [6, 6.07) is 11.4. The van der Waals surface area contributed by atoms with Gasteiger partial charge in [0.25, 0.3) is 5.69 Å². The van der Waals surface area contributed by atoms with Crippen LogP contribution in [0.3, 0.4) is 0 Å². The number of benzene rings is 2. The molecular formula is C15H9ClN2O4S. The first-order valence-corrected chi connectivity index (χ1v) is 8.31. The molecule has 0 spiro atoms. The van der Waals surface area contributed by atoms with Crippen molar-refractivity contribution in [2.45, 2.75) is 9.79 Å². The van der Waals surface area contributed by atoms with Crippen LogP contribution < -0.4 is 0 Å². The van der Waals surface area contributed by atoms with Gasteiger partial charge in [0, 0.05) is 6.20 Å². The summed E-state index contributed by atoms with van der Waals surface area (Å²) < 4.78 is 25.6. The Balaban J connectivity index is 2.39. The number of sulfone groups is 1. The summed E-state index contributed by atoms with van der Waals surface area (Å²) in [4.78, 5) is 14.2. The van der Waals surface area contributed by atoms with Crippen molar-refractivity contribution in [1.29, 1.82) is 0 Å². The average Bonchev–Trinajstić information content (AvgIpc) is 2.53. The molecule has 116 valence electrons. The van der Waals surface area contributed by atoms with Gasteiger partial charge in [0.15, 0.2) is 0 Å². The normalized spacial score (nSPS) is 11.5. The second-order valence-electron chi connectivity index (χ2n) is 4.67. The van der Waals surface area contributed by atoms with Gasteiger partial charge in [0.05, 0.1) is 25.7 Å². The second kappa shape index (κ2) is 5.60. The smallest absolute Gasteiger partial charge is 0.258 e. The number of pyridine rings is 1. The largest absolute Gasteiger partial charge is 0.297 e. The Hall–Kier alpha value is -2.51. The molecule has 1 aromatic heterocycles. The van der Waals surface area contributed by atoms with Crippen LogP contribution in [-0.4, -0.2) is 18.3 Å². The molecule has 0 unspecified atom stereocenters. The van der Waals surface area contributed by atoms with Crippen LogP contribution in [-0.2, 0) is 9.84 Å². The zero-order valence-corrected chi connectivity index (χ0v) is 13.1. The van der Waals surface area contributed by atoms with Gasteiger partial charge in [0.2, 0.25) is 9.84 Å². The van der Waals surface area contributed by atoms with Crippen molar-refractivity contribution >= 4 is 38.0 Å². The van der Waals surface area contributed by atoms with E-state index in [2.05, 4.69) is 4.98 Å². The Labute approximate surface area is 136 Å². The predicted molar refractivity (Wildman–Crippen MR) is 85.3 cm³/mol. The van der Waals surface area contributed by atoms with Crippen LogP contribution in [0.5, 0.6) is 0 Å². The monoisotopic (exact) mass is 348 g/mol. The first kappa shape index (κ1) is 15.4. The molecule has 1 heterocycles. The number of nitro benzene ring substituents is 1. The number of fused-ring (bicyclic) bond motifs is 1. The Morgan fingerprint density at radius 3 is 2.43 bits per heavy atom. The lowest BCUT2D eigenvalue weighted by atomic mass is 10.2. The molecule has 2 aromatic carbocycles. The quantitative estimate of drug-likeness (QED) is 0.532. The molecule has 6 nitrogen and oxygen atoms in total. The summed E-state index contributed by atoms with van der Waals surface area (Å²) in [5, 5.41) is 11.6. The maximum atomic E-state index is 12.8. The molecule has 3 rings (SSSR count). The highest BCUT2D eigenvalue weighted by Crippen LogP contribution is 2.36. The minimum Gasteiger partial charge on any atom is -0.258 e. The number of nitro groups is 1. The van der Waals surface area contributed by atoms with E-state index in [1.807, 2.05) is 0 Å². The van der Waals surface area contributed by atoms with Gasteiger partial charge in [-0.05, 0) is 36.4 Å². The molecule has 0 radical (unpaired) electrons. The highest BCUT2D eigenvalue weighted by Gasteiger charge is 2.31. The Bertz CT molecular complexity index is 1030. The fraction of sp³-hybridized carbons (Fsp3) is 0. The van der Waals surface area contributed by atoms with Crippen LogP contribution in [0.1, 0.15) is 0 Å². The van der Waals surface area contributed by atoms with Crippen LogP contribution in [0, 0.1) is 10.1 Å². The Morgan fingerprint density at radius 2 is 1.74 bits per heavy atom. The summed E-state index contributed by atoms with van der Waals surface area (Å²) in [6.07, 6.45) is 1.48. The molecule has 0 aliphatic heterocycles. The van der Waals surface area contributed by atoms with Crippen LogP contribution in [0.2, 0.25) is 5.02 Å². The van der Waals surface area contributed by atoms with Gasteiger partial charge in [-0.15, -0.1) is 0 Å². The maximum Gasteiger partial charge on any atom is 0.297 e. The molecule has 0 amide bonds. The first-order chi connectivity index (χ1) is 10.9. The first-order valence-electron chi connectivity index (χ1n) is 6.44. The molecule has 0 saturated heterocycles. The average molecular weight is 349 g/mol. The molecule has 0 aliphatic carbocycles. The van der Waals surface area contributed by atoms with Crippen molar-refractivity contribution in [3.05, 3.63) is 69.9 Å². The zero-order chi connectivity index (χ0) is 16.6. The van der Waals surface area contributed by atoms with Crippen LogP contribution in [0.25, 0.3) is 10.9 Å². The van der Waals surface area contributed by atoms with E-state index >= 15 is 0 Å². The van der Waals surface area contributed by atoms with Gasteiger partial charge >= 0.3 is 0 Å². The lowest BCUT2D eigenvalue weighted by molar-refractivity contribution is -0.386. The fourth-order valence-electron chi connectivity index (χ4n) is 2.30. The van der Waals surface area contributed by atoms with Crippen molar-refractivity contribution < 1.29 is 13.3 Å². The minimum atomic E-state index is -4.14. The maximum absolute atomic E-state index is 12.8. The number of aromatic nitrogens is 1. The third-order valence-electron chi connectivity index (χ3n) is 3.32. The van der Waals surface area contributed by atoms with Gasteiger partial charge in [-0.3, -0.25) is 15.1 Å². The van der Waals surface area contributed by atoms with Gasteiger partial charge in [-0.1, -0.05) is 23.7 Å². The van der Waals surface area contributed by atoms with E-state index < -0.39 is 25.3 Å². The highest BCUT2D eigenvalue weighted by atomic mass is 35.5. The lowest BCUT2D eigenvalue weighted by Gasteiger charge is -2.08. The molecule has 8 heteroatoms. The summed E-state index contributed by atoms with van der Waals surface area (Å²) >= 11 is 5.95.